The first kappa shape index (κ1) is 29.2. The third kappa shape index (κ3) is 7.04. The van der Waals surface area contributed by atoms with Crippen molar-refractivity contribution in [2.75, 3.05) is 10.6 Å². The monoisotopic (exact) mass is 567 g/mol. The van der Waals surface area contributed by atoms with E-state index < -0.39 is 29.7 Å². The van der Waals surface area contributed by atoms with Gasteiger partial charge in [-0.2, -0.15) is 5.10 Å². The number of nitrogens with one attached hydrogen (secondary N) is 4. The molecular formula is C30H29N7O5. The molecule has 1 unspecified atom stereocenters. The van der Waals surface area contributed by atoms with Gasteiger partial charge in [0.2, 0.25) is 11.8 Å². The minimum absolute atomic E-state index is 0.0681. The number of nitrogens with two attached hydrogens (primary N) is 1. The van der Waals surface area contributed by atoms with Gasteiger partial charge < -0.3 is 26.8 Å². The van der Waals surface area contributed by atoms with E-state index in [1.54, 1.807) is 72.8 Å². The first-order valence-electron chi connectivity index (χ1n) is 12.9. The summed E-state index contributed by atoms with van der Waals surface area (Å²) < 4.78 is 1.53. The van der Waals surface area contributed by atoms with Gasteiger partial charge in [0, 0.05) is 30.2 Å². The Morgan fingerprint density at radius 2 is 1.55 bits per heavy atom. The first-order chi connectivity index (χ1) is 20.1. The van der Waals surface area contributed by atoms with E-state index >= 15 is 0 Å². The lowest BCUT2D eigenvalue weighted by Gasteiger charge is -2.18. The molecular weight excluding hydrogens is 538 g/mol. The van der Waals surface area contributed by atoms with Crippen LogP contribution in [0.2, 0.25) is 0 Å². The number of aliphatic carboxylic acids is 1. The fraction of sp³-hybridized carbons (Fsp3) is 0.133. The molecule has 3 amide bonds. The number of carbonyl (C=O) groups excluding carboxylic acids is 3. The van der Waals surface area contributed by atoms with Crippen LogP contribution in [0, 0.1) is 5.41 Å². The first-order valence-corrected chi connectivity index (χ1v) is 12.9. The van der Waals surface area contributed by atoms with Crippen molar-refractivity contribution in [2.24, 2.45) is 5.73 Å². The Hall–Kier alpha value is -5.78. The van der Waals surface area contributed by atoms with Gasteiger partial charge in [0.1, 0.15) is 17.6 Å². The zero-order valence-corrected chi connectivity index (χ0v) is 22.6. The second-order valence-electron chi connectivity index (χ2n) is 9.31. The van der Waals surface area contributed by atoms with Crippen molar-refractivity contribution >= 4 is 40.9 Å². The normalized spacial score (nSPS) is 11.3. The van der Waals surface area contributed by atoms with Gasteiger partial charge in [-0.15, -0.1) is 0 Å². The molecule has 0 aliphatic rings. The highest BCUT2D eigenvalue weighted by molar-refractivity contribution is 6.12. The maximum absolute atomic E-state index is 13.7. The van der Waals surface area contributed by atoms with Gasteiger partial charge >= 0.3 is 5.97 Å². The summed E-state index contributed by atoms with van der Waals surface area (Å²) >= 11 is 0. The number of anilines is 2. The van der Waals surface area contributed by atoms with Gasteiger partial charge in [0.15, 0.2) is 5.69 Å². The standard InChI is InChI=1S/C30H29N7O5/c1-18(38)33-23(16-17-24(39)40)29(41)35-25-26(30(42)34-21-14-12-20(13-15-21)28(31)32)36-37(22-10-6-3-7-11-22)27(25)19-8-4-2-5-9-19/h2-15,23H,16-17H2,1H3,(H3,31,32)(H,33,38)(H,34,42)(H,35,41)(H,39,40). The average molecular weight is 568 g/mol. The minimum atomic E-state index is -1.18. The Balaban J connectivity index is 1.83. The van der Waals surface area contributed by atoms with Gasteiger partial charge in [-0.05, 0) is 42.8 Å². The topological polar surface area (TPSA) is 192 Å². The Kier molecular flexibility index (Phi) is 9.07. The zero-order chi connectivity index (χ0) is 30.2. The molecule has 0 bridgehead atoms. The zero-order valence-electron chi connectivity index (χ0n) is 22.6. The summed E-state index contributed by atoms with van der Waals surface area (Å²) in [5.41, 5.74) is 7.99. The number of aromatic nitrogens is 2. The van der Waals surface area contributed by atoms with E-state index in [-0.39, 0.29) is 30.1 Å². The molecule has 0 saturated carbocycles. The van der Waals surface area contributed by atoms with Crippen molar-refractivity contribution in [3.8, 4) is 16.9 Å². The van der Waals surface area contributed by atoms with Gasteiger partial charge in [0.25, 0.3) is 5.91 Å². The fourth-order valence-electron chi connectivity index (χ4n) is 4.23. The molecule has 0 saturated heterocycles. The fourth-order valence-corrected chi connectivity index (χ4v) is 4.23. The highest BCUT2D eigenvalue weighted by atomic mass is 16.4. The van der Waals surface area contributed by atoms with Crippen molar-refractivity contribution in [2.45, 2.75) is 25.8 Å². The van der Waals surface area contributed by atoms with E-state index in [9.17, 15) is 19.2 Å². The van der Waals surface area contributed by atoms with Gasteiger partial charge in [-0.1, -0.05) is 48.5 Å². The highest BCUT2D eigenvalue weighted by Gasteiger charge is 2.29. The maximum atomic E-state index is 13.7. The third-order valence-corrected chi connectivity index (χ3v) is 6.19. The SMILES string of the molecule is CC(=O)NC(CCC(=O)O)C(=O)Nc1c(C(=O)Nc2ccc(C(=N)N)cc2)nn(-c2ccccc2)c1-c1ccccc1. The van der Waals surface area contributed by atoms with E-state index in [0.717, 1.165) is 0 Å². The summed E-state index contributed by atoms with van der Waals surface area (Å²) in [4.78, 5) is 50.2. The number of carboxylic acids is 1. The number of carbonyl (C=O) groups is 4. The second kappa shape index (κ2) is 13.0. The van der Waals surface area contributed by atoms with Crippen LogP contribution in [0.1, 0.15) is 35.8 Å². The molecule has 1 aromatic heterocycles. The number of hydrogen-bond acceptors (Lipinski definition) is 6. The molecule has 4 rings (SSSR count). The minimum Gasteiger partial charge on any atom is -0.481 e. The maximum Gasteiger partial charge on any atom is 0.303 e. The van der Waals surface area contributed by atoms with E-state index in [1.165, 1.54) is 11.6 Å². The predicted octanol–water partition coefficient (Wildman–Crippen LogP) is 3.38. The molecule has 0 spiro atoms. The summed E-state index contributed by atoms with van der Waals surface area (Å²) in [6, 6.07) is 23.2. The number of carboxylic acid groups (broad SMARTS) is 1. The number of amidine groups is 1. The summed E-state index contributed by atoms with van der Waals surface area (Å²) in [5, 5.41) is 29.3. The molecule has 3 aromatic carbocycles. The van der Waals surface area contributed by atoms with E-state index in [0.29, 0.717) is 28.2 Å². The molecule has 12 nitrogen and oxygen atoms in total. The Morgan fingerprint density at radius 3 is 2.12 bits per heavy atom. The predicted molar refractivity (Wildman–Crippen MR) is 158 cm³/mol. The number of rotatable bonds is 11. The third-order valence-electron chi connectivity index (χ3n) is 6.19. The van der Waals surface area contributed by atoms with E-state index in [2.05, 4.69) is 21.0 Å². The molecule has 0 aliphatic heterocycles. The van der Waals surface area contributed by atoms with Crippen LogP contribution in [-0.4, -0.2) is 50.5 Å². The molecule has 12 heteroatoms. The number of nitrogens with zero attached hydrogens (tertiary/aromatic N) is 2. The summed E-state index contributed by atoms with van der Waals surface area (Å²) in [6.45, 7) is 1.22. The lowest BCUT2D eigenvalue weighted by Crippen LogP contribution is -2.43. The molecule has 1 heterocycles. The quantitative estimate of drug-likeness (QED) is 0.118. The van der Waals surface area contributed by atoms with Gasteiger partial charge in [-0.3, -0.25) is 24.6 Å². The molecule has 1 atom stereocenters. The number of para-hydroxylation sites is 1. The van der Waals surface area contributed by atoms with Crippen LogP contribution in [-0.2, 0) is 14.4 Å². The number of benzene rings is 3. The van der Waals surface area contributed by atoms with Crippen LogP contribution >= 0.6 is 0 Å². The summed E-state index contributed by atoms with van der Waals surface area (Å²) in [7, 11) is 0. The molecule has 0 radical (unpaired) electrons. The summed E-state index contributed by atoms with van der Waals surface area (Å²) in [6.07, 6.45) is -0.533. The van der Waals surface area contributed by atoms with Crippen molar-refractivity contribution in [3.63, 3.8) is 0 Å². The van der Waals surface area contributed by atoms with Crippen LogP contribution in [0.3, 0.4) is 0 Å². The lowest BCUT2D eigenvalue weighted by molar-refractivity contribution is -0.137. The Morgan fingerprint density at radius 1 is 0.929 bits per heavy atom. The van der Waals surface area contributed by atoms with Gasteiger partial charge in [0.05, 0.1) is 11.4 Å². The lowest BCUT2D eigenvalue weighted by atomic mass is 10.1. The van der Waals surface area contributed by atoms with Crippen molar-refractivity contribution < 1.29 is 24.3 Å². The van der Waals surface area contributed by atoms with E-state index in [1.807, 2.05) is 12.1 Å². The van der Waals surface area contributed by atoms with Crippen molar-refractivity contribution in [1.29, 1.82) is 5.41 Å². The van der Waals surface area contributed by atoms with Crippen LogP contribution in [0.4, 0.5) is 11.4 Å². The molecule has 7 N–H and O–H groups in total. The number of hydrogen-bond donors (Lipinski definition) is 6. The average Bonchev–Trinajstić information content (AvgIpc) is 3.35. The van der Waals surface area contributed by atoms with E-state index in [4.69, 9.17) is 16.2 Å². The number of nitrogen functional groups attached to an aromatic ring is 1. The molecule has 214 valence electrons. The molecule has 42 heavy (non-hydrogen) atoms. The van der Waals surface area contributed by atoms with Crippen molar-refractivity contribution in [1.82, 2.24) is 15.1 Å². The smallest absolute Gasteiger partial charge is 0.303 e. The molecule has 0 aliphatic carbocycles. The molecule has 4 aromatic rings. The largest absolute Gasteiger partial charge is 0.481 e. The van der Waals surface area contributed by atoms with Crippen LogP contribution in [0.25, 0.3) is 16.9 Å². The van der Waals surface area contributed by atoms with Crippen LogP contribution in [0.5, 0.6) is 0 Å². The second-order valence-corrected chi connectivity index (χ2v) is 9.31. The van der Waals surface area contributed by atoms with Crippen LogP contribution < -0.4 is 21.7 Å². The van der Waals surface area contributed by atoms with Crippen molar-refractivity contribution in [3.05, 3.63) is 96.2 Å². The number of amides is 3. The highest BCUT2D eigenvalue weighted by Crippen LogP contribution is 2.34. The Bertz CT molecular complexity index is 1620. The molecule has 0 fully saturated rings. The van der Waals surface area contributed by atoms with Crippen LogP contribution in [0.15, 0.2) is 84.9 Å². The van der Waals surface area contributed by atoms with Gasteiger partial charge in [-0.25, -0.2) is 4.68 Å². The Labute approximate surface area is 241 Å². The summed E-state index contributed by atoms with van der Waals surface area (Å²) in [5.74, 6) is -3.12.